The molecule has 49 heavy (non-hydrogen) atoms. The Morgan fingerprint density at radius 1 is 0.918 bits per heavy atom. The number of ether oxygens (including phenoxy) is 2. The molecule has 3 aromatic carbocycles. The smallest absolute Gasteiger partial charge is 0.407 e. The van der Waals surface area contributed by atoms with Crippen LogP contribution in [0.3, 0.4) is 0 Å². The number of likely N-dealkylation sites (tertiary alicyclic amines) is 1. The first kappa shape index (κ1) is 34.0. The van der Waals surface area contributed by atoms with Crippen molar-refractivity contribution in [1.82, 2.24) is 20.2 Å². The summed E-state index contributed by atoms with van der Waals surface area (Å²) in [6.07, 6.45) is 5.56. The van der Waals surface area contributed by atoms with Gasteiger partial charge in [0.15, 0.2) is 0 Å². The van der Waals surface area contributed by atoms with Gasteiger partial charge in [-0.15, -0.1) is 0 Å². The zero-order valence-corrected chi connectivity index (χ0v) is 28.6. The van der Waals surface area contributed by atoms with Gasteiger partial charge in [-0.2, -0.15) is 0 Å². The molecule has 2 aliphatic rings. The summed E-state index contributed by atoms with van der Waals surface area (Å²) < 4.78 is 11.3. The van der Waals surface area contributed by atoms with Crippen LogP contribution in [0.2, 0.25) is 0 Å². The Balaban J connectivity index is 1.12. The highest BCUT2D eigenvalue weighted by atomic mass is 16.6. The number of alkyl carbamates (subject to hydrolysis) is 1. The average Bonchev–Trinajstić information content (AvgIpc) is 3.84. The first-order valence-electron chi connectivity index (χ1n) is 17.4. The zero-order chi connectivity index (χ0) is 34.4. The van der Waals surface area contributed by atoms with Gasteiger partial charge in [-0.25, -0.2) is 9.78 Å². The lowest BCUT2D eigenvalue weighted by molar-refractivity contribution is -0.155. The van der Waals surface area contributed by atoms with E-state index in [1.807, 2.05) is 86.5 Å². The number of H-pyrrole nitrogens is 1. The van der Waals surface area contributed by atoms with E-state index in [2.05, 4.69) is 39.6 Å². The third-order valence-corrected chi connectivity index (χ3v) is 9.26. The van der Waals surface area contributed by atoms with Crippen molar-refractivity contribution in [2.75, 3.05) is 13.2 Å². The number of aromatic amines is 1. The van der Waals surface area contributed by atoms with Crippen LogP contribution in [0.4, 0.5) is 4.79 Å². The lowest BCUT2D eigenvalue weighted by atomic mass is 9.98. The van der Waals surface area contributed by atoms with E-state index in [-0.39, 0.29) is 30.4 Å². The molecule has 2 heterocycles. The average molecular weight is 663 g/mol. The summed E-state index contributed by atoms with van der Waals surface area (Å²) in [7, 11) is 0. The van der Waals surface area contributed by atoms with Crippen LogP contribution in [0.15, 0.2) is 85.1 Å². The second-order valence-electron chi connectivity index (χ2n) is 13.9. The fourth-order valence-corrected chi connectivity index (χ4v) is 7.01. The molecule has 2 atom stereocenters. The van der Waals surface area contributed by atoms with Crippen molar-refractivity contribution in [2.24, 2.45) is 0 Å². The minimum absolute atomic E-state index is 0.0825. The second kappa shape index (κ2) is 15.1. The SMILES string of the molecule is CC(C)(C)OC(=O)CCCCC[C@H](NC(=O)OCC1c2ccccc2-c2ccccc21)C(=O)N1CCC[C@H]1c1ncc(-c2ccccc2)[nH]1. The van der Waals surface area contributed by atoms with E-state index in [4.69, 9.17) is 9.47 Å². The van der Waals surface area contributed by atoms with Crippen LogP contribution in [0.25, 0.3) is 22.4 Å². The predicted octanol–water partition coefficient (Wildman–Crippen LogP) is 7.94. The summed E-state index contributed by atoms with van der Waals surface area (Å²) in [5.41, 5.74) is 5.96. The minimum atomic E-state index is -0.777. The summed E-state index contributed by atoms with van der Waals surface area (Å²) >= 11 is 0. The van der Waals surface area contributed by atoms with E-state index >= 15 is 0 Å². The van der Waals surface area contributed by atoms with Gasteiger partial charge in [-0.05, 0) is 74.3 Å². The first-order chi connectivity index (χ1) is 23.7. The van der Waals surface area contributed by atoms with Gasteiger partial charge in [-0.1, -0.05) is 91.7 Å². The fraction of sp³-hybridized carbons (Fsp3) is 0.400. The lowest BCUT2D eigenvalue weighted by Gasteiger charge is -2.28. The standard InChI is InChI=1S/C40H46N4O5/c1-40(2,3)49-36(45)23-9-5-8-21-33(38(46)44-24-14-22-35(44)37-41-25-34(42-37)27-15-6-4-7-16-27)43-39(47)48-26-32-30-19-12-10-17-28(30)29-18-11-13-20-31(29)32/h4,6-7,10-13,15-20,25,32-33,35H,5,8-9,14,21-24,26H2,1-3H3,(H,41,42)(H,43,47)/t33-,35-/m0/s1. The molecule has 1 saturated heterocycles. The van der Waals surface area contributed by atoms with Crippen LogP contribution in [-0.4, -0.2) is 57.6 Å². The first-order valence-corrected chi connectivity index (χ1v) is 17.4. The number of fused-ring (bicyclic) bond motifs is 3. The molecule has 6 rings (SSSR count). The van der Waals surface area contributed by atoms with Crippen molar-refractivity contribution in [3.8, 4) is 22.4 Å². The van der Waals surface area contributed by atoms with Gasteiger partial charge in [0, 0.05) is 18.9 Å². The Bertz CT molecular complexity index is 1720. The normalized spacial score (nSPS) is 16.1. The molecule has 0 saturated carbocycles. The Hall–Kier alpha value is -4.92. The number of hydrogen-bond acceptors (Lipinski definition) is 6. The maximum Gasteiger partial charge on any atom is 0.407 e. The van der Waals surface area contributed by atoms with E-state index in [0.717, 1.165) is 58.6 Å². The van der Waals surface area contributed by atoms with Gasteiger partial charge in [0.25, 0.3) is 0 Å². The number of nitrogens with one attached hydrogen (secondary N) is 2. The topological polar surface area (TPSA) is 114 Å². The molecule has 0 bridgehead atoms. The van der Waals surface area contributed by atoms with Crippen molar-refractivity contribution in [1.29, 1.82) is 0 Å². The maximum atomic E-state index is 14.2. The lowest BCUT2D eigenvalue weighted by Crippen LogP contribution is -2.48. The summed E-state index contributed by atoms with van der Waals surface area (Å²) in [5, 5.41) is 2.92. The van der Waals surface area contributed by atoms with Gasteiger partial charge in [0.1, 0.15) is 24.1 Å². The van der Waals surface area contributed by atoms with Crippen LogP contribution in [0.1, 0.15) is 94.6 Å². The molecule has 9 heteroatoms. The Labute approximate surface area is 288 Å². The minimum Gasteiger partial charge on any atom is -0.460 e. The highest BCUT2D eigenvalue weighted by Crippen LogP contribution is 2.44. The van der Waals surface area contributed by atoms with Crippen molar-refractivity contribution >= 4 is 18.0 Å². The molecule has 0 spiro atoms. The third kappa shape index (κ3) is 8.21. The van der Waals surface area contributed by atoms with Crippen LogP contribution < -0.4 is 5.32 Å². The molecule has 1 aliphatic carbocycles. The molecule has 0 radical (unpaired) electrons. The van der Waals surface area contributed by atoms with Crippen LogP contribution >= 0.6 is 0 Å². The molecule has 1 fully saturated rings. The maximum absolute atomic E-state index is 14.2. The molecular weight excluding hydrogens is 616 g/mol. The van der Waals surface area contributed by atoms with E-state index < -0.39 is 17.7 Å². The Kier molecular flexibility index (Phi) is 10.5. The molecule has 0 unspecified atom stereocenters. The van der Waals surface area contributed by atoms with Gasteiger partial charge in [0.2, 0.25) is 5.91 Å². The number of hydrogen-bond donors (Lipinski definition) is 2. The predicted molar refractivity (Wildman–Crippen MR) is 189 cm³/mol. The monoisotopic (exact) mass is 662 g/mol. The number of nitrogens with zero attached hydrogens (tertiary/aromatic N) is 2. The number of carbonyl (C=O) groups excluding carboxylic acids is 3. The highest BCUT2D eigenvalue weighted by Gasteiger charge is 2.37. The molecule has 2 amide bonds. The van der Waals surface area contributed by atoms with Gasteiger partial charge >= 0.3 is 12.1 Å². The highest BCUT2D eigenvalue weighted by molar-refractivity contribution is 5.86. The number of benzene rings is 3. The van der Waals surface area contributed by atoms with E-state index in [1.165, 1.54) is 0 Å². The Morgan fingerprint density at radius 2 is 1.59 bits per heavy atom. The molecule has 256 valence electrons. The third-order valence-electron chi connectivity index (χ3n) is 9.26. The quantitative estimate of drug-likeness (QED) is 0.118. The number of amides is 2. The zero-order valence-electron chi connectivity index (χ0n) is 28.6. The van der Waals surface area contributed by atoms with Crippen molar-refractivity contribution in [2.45, 2.75) is 89.3 Å². The Morgan fingerprint density at radius 3 is 2.29 bits per heavy atom. The fourth-order valence-electron chi connectivity index (χ4n) is 7.01. The molecule has 2 N–H and O–H groups in total. The second-order valence-corrected chi connectivity index (χ2v) is 13.9. The summed E-state index contributed by atoms with van der Waals surface area (Å²) in [4.78, 5) is 49.7. The molecule has 1 aromatic heterocycles. The number of imidazole rings is 1. The number of esters is 1. The number of carbonyl (C=O) groups is 3. The summed E-state index contributed by atoms with van der Waals surface area (Å²) in [6, 6.07) is 25.4. The van der Waals surface area contributed by atoms with E-state index in [0.29, 0.717) is 32.2 Å². The largest absolute Gasteiger partial charge is 0.460 e. The number of rotatable bonds is 12. The van der Waals surface area contributed by atoms with E-state index in [1.54, 1.807) is 0 Å². The van der Waals surface area contributed by atoms with Crippen LogP contribution in [-0.2, 0) is 19.1 Å². The molecule has 1 aliphatic heterocycles. The number of unbranched alkanes of at least 4 members (excludes halogenated alkanes) is 2. The van der Waals surface area contributed by atoms with E-state index in [9.17, 15) is 14.4 Å². The van der Waals surface area contributed by atoms with Crippen molar-refractivity contribution in [3.63, 3.8) is 0 Å². The number of aromatic nitrogens is 2. The van der Waals surface area contributed by atoms with Gasteiger partial charge < -0.3 is 24.7 Å². The summed E-state index contributed by atoms with van der Waals surface area (Å²) in [5.74, 6) is 0.272. The van der Waals surface area contributed by atoms with Gasteiger partial charge in [-0.3, -0.25) is 9.59 Å². The van der Waals surface area contributed by atoms with Gasteiger partial charge in [0.05, 0.1) is 17.9 Å². The summed E-state index contributed by atoms with van der Waals surface area (Å²) in [6.45, 7) is 6.30. The van der Waals surface area contributed by atoms with Crippen LogP contribution in [0.5, 0.6) is 0 Å². The van der Waals surface area contributed by atoms with Crippen molar-refractivity contribution in [3.05, 3.63) is 102 Å². The molecule has 4 aromatic rings. The molecule has 9 nitrogen and oxygen atoms in total. The van der Waals surface area contributed by atoms with Crippen molar-refractivity contribution < 1.29 is 23.9 Å². The molecular formula is C40H46N4O5. The van der Waals surface area contributed by atoms with Crippen LogP contribution in [0, 0.1) is 0 Å².